The van der Waals surface area contributed by atoms with E-state index in [1.54, 1.807) is 6.07 Å². The van der Waals surface area contributed by atoms with Crippen molar-refractivity contribution in [2.75, 3.05) is 0 Å². The van der Waals surface area contributed by atoms with Gasteiger partial charge in [0.15, 0.2) is 0 Å². The van der Waals surface area contributed by atoms with Gasteiger partial charge in [-0.25, -0.2) is 0 Å². The van der Waals surface area contributed by atoms with Gasteiger partial charge in [0.2, 0.25) is 0 Å². The highest BCUT2D eigenvalue weighted by Gasteiger charge is 2.39. The normalized spacial score (nSPS) is 33.7. The van der Waals surface area contributed by atoms with E-state index in [1.807, 2.05) is 12.1 Å². The molecule has 1 aliphatic rings. The van der Waals surface area contributed by atoms with Gasteiger partial charge in [-0.05, 0) is 37.2 Å². The average molecular weight is 273 g/mol. The van der Waals surface area contributed by atoms with E-state index in [-0.39, 0.29) is 0 Å². The minimum absolute atomic E-state index is 0.498. The summed E-state index contributed by atoms with van der Waals surface area (Å²) in [7, 11) is 0. The number of benzene rings is 1. The number of halogens is 2. The lowest BCUT2D eigenvalue weighted by Gasteiger charge is -2.39. The Hall–Kier alpha value is -0.240. The van der Waals surface area contributed by atoms with Crippen molar-refractivity contribution in [3.8, 4) is 0 Å². The first-order valence-electron chi connectivity index (χ1n) is 6.09. The summed E-state index contributed by atoms with van der Waals surface area (Å²) in [6.07, 6.45) is 2.69. The molecule has 0 spiro atoms. The number of hydrogen-bond donors (Lipinski definition) is 1. The third-order valence-electron chi connectivity index (χ3n) is 3.63. The SMILES string of the molecule is CC1CC(C)CC(O)(c2cccc(Cl)c2Cl)C1. The molecule has 94 valence electrons. The lowest BCUT2D eigenvalue weighted by molar-refractivity contribution is -0.0361. The van der Waals surface area contributed by atoms with Crippen molar-refractivity contribution in [3.63, 3.8) is 0 Å². The van der Waals surface area contributed by atoms with Crippen LogP contribution in [0.25, 0.3) is 0 Å². The summed E-state index contributed by atoms with van der Waals surface area (Å²) in [5, 5.41) is 11.9. The van der Waals surface area contributed by atoms with Crippen molar-refractivity contribution in [1.29, 1.82) is 0 Å². The molecule has 1 saturated carbocycles. The van der Waals surface area contributed by atoms with Crippen molar-refractivity contribution in [2.24, 2.45) is 11.8 Å². The maximum Gasteiger partial charge on any atom is 0.0916 e. The summed E-state index contributed by atoms with van der Waals surface area (Å²) in [4.78, 5) is 0. The minimum Gasteiger partial charge on any atom is -0.385 e. The molecule has 17 heavy (non-hydrogen) atoms. The fourth-order valence-electron chi connectivity index (χ4n) is 3.17. The fraction of sp³-hybridized carbons (Fsp3) is 0.571. The van der Waals surface area contributed by atoms with Crippen LogP contribution in [0, 0.1) is 11.8 Å². The van der Waals surface area contributed by atoms with Gasteiger partial charge in [0, 0.05) is 5.56 Å². The Morgan fingerprint density at radius 3 is 2.35 bits per heavy atom. The Morgan fingerprint density at radius 2 is 1.76 bits per heavy atom. The molecule has 2 rings (SSSR count). The molecule has 0 heterocycles. The smallest absolute Gasteiger partial charge is 0.0916 e. The van der Waals surface area contributed by atoms with Gasteiger partial charge >= 0.3 is 0 Å². The molecular weight excluding hydrogens is 255 g/mol. The Morgan fingerprint density at radius 1 is 1.18 bits per heavy atom. The molecule has 2 atom stereocenters. The minimum atomic E-state index is -0.820. The highest BCUT2D eigenvalue weighted by molar-refractivity contribution is 6.42. The van der Waals surface area contributed by atoms with E-state index < -0.39 is 5.60 Å². The third kappa shape index (κ3) is 2.62. The zero-order valence-electron chi connectivity index (χ0n) is 10.2. The van der Waals surface area contributed by atoms with Crippen molar-refractivity contribution < 1.29 is 5.11 Å². The van der Waals surface area contributed by atoms with E-state index in [0.717, 1.165) is 18.4 Å². The zero-order valence-corrected chi connectivity index (χ0v) is 11.7. The van der Waals surface area contributed by atoms with E-state index in [0.29, 0.717) is 21.9 Å². The largest absolute Gasteiger partial charge is 0.385 e. The quantitative estimate of drug-likeness (QED) is 0.790. The van der Waals surface area contributed by atoms with Crippen LogP contribution in [0.4, 0.5) is 0 Å². The van der Waals surface area contributed by atoms with Gasteiger partial charge < -0.3 is 5.11 Å². The van der Waals surface area contributed by atoms with Gasteiger partial charge in [0.05, 0.1) is 15.6 Å². The van der Waals surface area contributed by atoms with Gasteiger partial charge in [-0.2, -0.15) is 0 Å². The molecule has 1 aliphatic carbocycles. The van der Waals surface area contributed by atoms with E-state index >= 15 is 0 Å². The van der Waals surface area contributed by atoms with Crippen molar-refractivity contribution in [2.45, 2.75) is 38.7 Å². The molecule has 0 aliphatic heterocycles. The van der Waals surface area contributed by atoms with Crippen LogP contribution >= 0.6 is 23.2 Å². The molecule has 0 amide bonds. The lowest BCUT2D eigenvalue weighted by atomic mass is 9.71. The highest BCUT2D eigenvalue weighted by atomic mass is 35.5. The van der Waals surface area contributed by atoms with Gasteiger partial charge in [-0.1, -0.05) is 49.2 Å². The van der Waals surface area contributed by atoms with Crippen LogP contribution < -0.4 is 0 Å². The Labute approximate surface area is 113 Å². The number of aliphatic hydroxyl groups is 1. The van der Waals surface area contributed by atoms with Crippen molar-refractivity contribution >= 4 is 23.2 Å². The Balaban J connectivity index is 2.40. The summed E-state index contributed by atoms with van der Waals surface area (Å²) in [6, 6.07) is 5.50. The Kier molecular flexibility index (Phi) is 3.72. The molecular formula is C14H18Cl2O. The standard InChI is InChI=1S/C14H18Cl2O/c1-9-6-10(2)8-14(17,7-9)11-4-3-5-12(15)13(11)16/h3-5,9-10,17H,6-8H2,1-2H3. The topological polar surface area (TPSA) is 20.2 Å². The van der Waals surface area contributed by atoms with Gasteiger partial charge in [0.1, 0.15) is 0 Å². The molecule has 2 unspecified atom stereocenters. The third-order valence-corrected chi connectivity index (χ3v) is 4.45. The first kappa shape index (κ1) is 13.2. The van der Waals surface area contributed by atoms with Crippen LogP contribution in [0.5, 0.6) is 0 Å². The summed E-state index contributed by atoms with van der Waals surface area (Å²) in [5.41, 5.74) is -0.0379. The predicted octanol–water partition coefficient (Wildman–Crippen LogP) is 4.64. The maximum absolute atomic E-state index is 10.8. The Bertz CT molecular complexity index is 407. The van der Waals surface area contributed by atoms with E-state index in [9.17, 15) is 5.11 Å². The van der Waals surface area contributed by atoms with Crippen LogP contribution in [-0.2, 0) is 5.60 Å². The molecule has 0 radical (unpaired) electrons. The predicted molar refractivity (Wildman–Crippen MR) is 72.5 cm³/mol. The van der Waals surface area contributed by atoms with E-state index in [2.05, 4.69) is 13.8 Å². The molecule has 3 heteroatoms. The van der Waals surface area contributed by atoms with Crippen LogP contribution in [0.2, 0.25) is 10.0 Å². The van der Waals surface area contributed by atoms with Gasteiger partial charge in [0.25, 0.3) is 0 Å². The summed E-state index contributed by atoms with van der Waals surface area (Å²) >= 11 is 12.2. The maximum atomic E-state index is 10.8. The monoisotopic (exact) mass is 272 g/mol. The van der Waals surface area contributed by atoms with Crippen molar-refractivity contribution in [1.82, 2.24) is 0 Å². The highest BCUT2D eigenvalue weighted by Crippen LogP contribution is 2.45. The molecule has 1 nitrogen and oxygen atoms in total. The molecule has 1 N–H and O–H groups in total. The molecule has 0 saturated heterocycles. The second-order valence-electron chi connectivity index (χ2n) is 5.49. The molecule has 0 aromatic heterocycles. The van der Waals surface area contributed by atoms with Crippen LogP contribution in [0.3, 0.4) is 0 Å². The van der Waals surface area contributed by atoms with Crippen LogP contribution in [-0.4, -0.2) is 5.11 Å². The van der Waals surface area contributed by atoms with E-state index in [1.165, 1.54) is 6.42 Å². The summed E-state index contributed by atoms with van der Waals surface area (Å²) < 4.78 is 0. The van der Waals surface area contributed by atoms with Gasteiger partial charge in [-0.3, -0.25) is 0 Å². The van der Waals surface area contributed by atoms with Crippen LogP contribution in [0.1, 0.15) is 38.7 Å². The average Bonchev–Trinajstić information content (AvgIpc) is 2.19. The number of rotatable bonds is 1. The fourth-order valence-corrected chi connectivity index (χ4v) is 3.65. The zero-order chi connectivity index (χ0) is 12.6. The summed E-state index contributed by atoms with van der Waals surface area (Å²) in [5.74, 6) is 1.03. The second kappa shape index (κ2) is 4.79. The van der Waals surface area contributed by atoms with Gasteiger partial charge in [-0.15, -0.1) is 0 Å². The molecule has 1 aromatic rings. The molecule has 0 bridgehead atoms. The molecule has 1 fully saturated rings. The molecule has 1 aromatic carbocycles. The lowest BCUT2D eigenvalue weighted by Crippen LogP contribution is -2.35. The van der Waals surface area contributed by atoms with E-state index in [4.69, 9.17) is 23.2 Å². The first-order chi connectivity index (χ1) is 7.92. The first-order valence-corrected chi connectivity index (χ1v) is 6.85. The van der Waals surface area contributed by atoms with Crippen LogP contribution in [0.15, 0.2) is 18.2 Å². The second-order valence-corrected chi connectivity index (χ2v) is 6.27. The van der Waals surface area contributed by atoms with Crippen molar-refractivity contribution in [3.05, 3.63) is 33.8 Å². The summed E-state index contributed by atoms with van der Waals surface area (Å²) in [6.45, 7) is 4.36. The number of hydrogen-bond acceptors (Lipinski definition) is 1.